The number of hydrogen-bond acceptors (Lipinski definition) is 5. The van der Waals surface area contributed by atoms with E-state index >= 15 is 0 Å². The molecule has 2 amide bonds. The monoisotopic (exact) mass is 474 g/mol. The standard InChI is InChI=1S/C25H22N4O4S/c1-34(33)16-18-10-7-11-19(14-18)23(30)26-27-24(31)22-20-12-5-6-13-21(20)25(32)29(28-22)15-17-8-3-2-4-9-17/h2-14H,15-16H2,1H3,(H,26,30)(H,27,31)/t34-/m1/s1. The van der Waals surface area contributed by atoms with Crippen LogP contribution in [-0.4, -0.2) is 32.1 Å². The molecule has 0 saturated heterocycles. The van der Waals surface area contributed by atoms with Crippen molar-refractivity contribution in [1.29, 1.82) is 0 Å². The van der Waals surface area contributed by atoms with Crippen molar-refractivity contribution in [2.45, 2.75) is 12.3 Å². The van der Waals surface area contributed by atoms with Gasteiger partial charge in [-0.05, 0) is 29.3 Å². The highest BCUT2D eigenvalue weighted by Gasteiger charge is 2.18. The summed E-state index contributed by atoms with van der Waals surface area (Å²) in [5, 5.41) is 5.04. The van der Waals surface area contributed by atoms with Crippen LogP contribution < -0.4 is 16.4 Å². The average Bonchev–Trinajstić information content (AvgIpc) is 2.84. The van der Waals surface area contributed by atoms with E-state index in [1.165, 1.54) is 4.68 Å². The van der Waals surface area contributed by atoms with Gasteiger partial charge in [0.2, 0.25) is 0 Å². The van der Waals surface area contributed by atoms with E-state index in [2.05, 4.69) is 16.0 Å². The summed E-state index contributed by atoms with van der Waals surface area (Å²) in [5.41, 5.74) is 6.40. The summed E-state index contributed by atoms with van der Waals surface area (Å²) in [4.78, 5) is 38.5. The quantitative estimate of drug-likeness (QED) is 0.417. The van der Waals surface area contributed by atoms with Crippen LogP contribution in [0.5, 0.6) is 0 Å². The molecule has 2 N–H and O–H groups in total. The Balaban J connectivity index is 1.58. The predicted molar refractivity (Wildman–Crippen MR) is 131 cm³/mol. The van der Waals surface area contributed by atoms with Gasteiger partial charge in [-0.1, -0.05) is 60.7 Å². The number of nitrogens with one attached hydrogen (secondary N) is 2. The van der Waals surface area contributed by atoms with Gasteiger partial charge in [0.1, 0.15) is 0 Å². The first-order chi connectivity index (χ1) is 16.4. The van der Waals surface area contributed by atoms with Crippen LogP contribution in [0.1, 0.15) is 32.0 Å². The summed E-state index contributed by atoms with van der Waals surface area (Å²) < 4.78 is 12.7. The number of rotatable bonds is 6. The molecule has 1 heterocycles. The second kappa shape index (κ2) is 10.2. The first kappa shape index (κ1) is 23.1. The Kier molecular flexibility index (Phi) is 6.93. The zero-order chi connectivity index (χ0) is 24.1. The molecule has 0 aliphatic heterocycles. The molecule has 3 aromatic carbocycles. The summed E-state index contributed by atoms with van der Waals surface area (Å²) in [6, 6.07) is 22.7. The van der Waals surface area contributed by atoms with Gasteiger partial charge in [-0.3, -0.25) is 29.4 Å². The lowest BCUT2D eigenvalue weighted by Crippen LogP contribution is -2.42. The molecule has 0 unspecified atom stereocenters. The van der Waals surface area contributed by atoms with Gasteiger partial charge in [-0.25, -0.2) is 4.68 Å². The molecule has 4 rings (SSSR count). The minimum Gasteiger partial charge on any atom is -0.267 e. The van der Waals surface area contributed by atoms with Crippen LogP contribution >= 0.6 is 0 Å². The minimum absolute atomic E-state index is 0.0153. The molecular formula is C25H22N4O4S. The average molecular weight is 475 g/mol. The molecule has 0 aliphatic carbocycles. The fourth-order valence-electron chi connectivity index (χ4n) is 3.55. The maximum Gasteiger partial charge on any atom is 0.290 e. The van der Waals surface area contributed by atoms with Gasteiger partial charge >= 0.3 is 0 Å². The van der Waals surface area contributed by atoms with Gasteiger partial charge in [0.25, 0.3) is 17.4 Å². The van der Waals surface area contributed by atoms with Crippen molar-refractivity contribution in [3.8, 4) is 0 Å². The van der Waals surface area contributed by atoms with E-state index in [1.54, 1.807) is 54.8 Å². The highest BCUT2D eigenvalue weighted by atomic mass is 32.2. The van der Waals surface area contributed by atoms with E-state index in [0.29, 0.717) is 22.1 Å². The summed E-state index contributed by atoms with van der Waals surface area (Å²) in [6.07, 6.45) is 1.58. The van der Waals surface area contributed by atoms with Crippen molar-refractivity contribution < 1.29 is 13.8 Å². The molecule has 4 aromatic rings. The lowest BCUT2D eigenvalue weighted by Gasteiger charge is -2.12. The van der Waals surface area contributed by atoms with E-state index in [1.807, 2.05) is 30.3 Å². The maximum atomic E-state index is 13.0. The van der Waals surface area contributed by atoms with Crippen LogP contribution in [0.15, 0.2) is 83.7 Å². The summed E-state index contributed by atoms with van der Waals surface area (Å²) in [6.45, 7) is 0.197. The Hall–Kier alpha value is -4.11. The van der Waals surface area contributed by atoms with E-state index < -0.39 is 22.6 Å². The summed E-state index contributed by atoms with van der Waals surface area (Å²) >= 11 is 0. The highest BCUT2D eigenvalue weighted by molar-refractivity contribution is 7.83. The lowest BCUT2D eigenvalue weighted by atomic mass is 10.1. The number of carbonyl (C=O) groups is 2. The van der Waals surface area contributed by atoms with Gasteiger partial charge in [-0.2, -0.15) is 5.10 Å². The number of fused-ring (bicyclic) bond motifs is 1. The molecule has 34 heavy (non-hydrogen) atoms. The van der Waals surface area contributed by atoms with Gasteiger partial charge in [-0.15, -0.1) is 0 Å². The molecule has 8 nitrogen and oxygen atoms in total. The molecule has 0 spiro atoms. The molecule has 0 saturated carbocycles. The molecular weight excluding hydrogens is 452 g/mol. The normalized spacial score (nSPS) is 11.7. The topological polar surface area (TPSA) is 110 Å². The summed E-state index contributed by atoms with van der Waals surface area (Å²) in [5.74, 6) is -0.858. The van der Waals surface area contributed by atoms with Crippen LogP contribution in [0, 0.1) is 0 Å². The Morgan fingerprint density at radius 3 is 2.24 bits per heavy atom. The fraction of sp³-hybridized carbons (Fsp3) is 0.120. The number of carbonyl (C=O) groups excluding carboxylic acids is 2. The van der Waals surface area contributed by atoms with Crippen LogP contribution in [-0.2, 0) is 23.1 Å². The Morgan fingerprint density at radius 2 is 1.50 bits per heavy atom. The summed E-state index contributed by atoms with van der Waals surface area (Å²) in [7, 11) is -1.04. The van der Waals surface area contributed by atoms with Crippen molar-refractivity contribution >= 4 is 33.4 Å². The SMILES string of the molecule is C[S@@](=O)Cc1cccc(C(=O)NNC(=O)c2nn(Cc3ccccc3)c(=O)c3ccccc23)c1. The zero-order valence-corrected chi connectivity index (χ0v) is 19.2. The van der Waals surface area contributed by atoms with Crippen molar-refractivity contribution in [2.24, 2.45) is 0 Å². The first-order valence-corrected chi connectivity index (χ1v) is 12.2. The fourth-order valence-corrected chi connectivity index (χ4v) is 4.20. The predicted octanol–water partition coefficient (Wildman–Crippen LogP) is 2.40. The van der Waals surface area contributed by atoms with E-state index in [9.17, 15) is 18.6 Å². The van der Waals surface area contributed by atoms with Crippen LogP contribution in [0.3, 0.4) is 0 Å². The van der Waals surface area contributed by atoms with Crippen molar-refractivity contribution in [3.05, 3.63) is 112 Å². The van der Waals surface area contributed by atoms with Crippen LogP contribution in [0.4, 0.5) is 0 Å². The smallest absolute Gasteiger partial charge is 0.267 e. The third-order valence-electron chi connectivity index (χ3n) is 5.11. The van der Waals surface area contributed by atoms with Crippen molar-refractivity contribution in [2.75, 3.05) is 6.26 Å². The first-order valence-electron chi connectivity index (χ1n) is 10.5. The van der Waals surface area contributed by atoms with Crippen molar-refractivity contribution in [1.82, 2.24) is 20.6 Å². The number of hydrogen-bond donors (Lipinski definition) is 2. The number of nitrogens with zero attached hydrogens (tertiary/aromatic N) is 2. The van der Waals surface area contributed by atoms with Crippen LogP contribution in [0.2, 0.25) is 0 Å². The number of benzene rings is 3. The molecule has 1 aromatic heterocycles. The third-order valence-corrected chi connectivity index (χ3v) is 5.85. The van der Waals surface area contributed by atoms with E-state index in [4.69, 9.17) is 0 Å². The Labute approximate surface area is 198 Å². The lowest BCUT2D eigenvalue weighted by molar-refractivity contribution is 0.0843. The Bertz CT molecular complexity index is 1450. The van der Waals surface area contributed by atoms with Gasteiger partial charge in [0, 0.05) is 33.8 Å². The molecule has 0 bridgehead atoms. The van der Waals surface area contributed by atoms with Gasteiger partial charge < -0.3 is 0 Å². The van der Waals surface area contributed by atoms with Gasteiger partial charge in [0.05, 0.1) is 11.9 Å². The van der Waals surface area contributed by atoms with Crippen molar-refractivity contribution in [3.63, 3.8) is 0 Å². The number of amides is 2. The number of hydrazine groups is 1. The largest absolute Gasteiger partial charge is 0.290 e. The molecule has 0 fully saturated rings. The molecule has 172 valence electrons. The maximum absolute atomic E-state index is 13.0. The van der Waals surface area contributed by atoms with Crippen LogP contribution in [0.25, 0.3) is 10.8 Å². The van der Waals surface area contributed by atoms with E-state index in [0.717, 1.165) is 11.1 Å². The zero-order valence-electron chi connectivity index (χ0n) is 18.4. The number of aromatic nitrogens is 2. The second-order valence-corrected chi connectivity index (χ2v) is 9.10. The molecule has 0 radical (unpaired) electrons. The second-order valence-electron chi connectivity index (χ2n) is 7.67. The Morgan fingerprint density at radius 1 is 0.853 bits per heavy atom. The molecule has 0 aliphatic rings. The highest BCUT2D eigenvalue weighted by Crippen LogP contribution is 2.14. The van der Waals surface area contributed by atoms with Gasteiger partial charge in [0.15, 0.2) is 5.69 Å². The molecule has 1 atom stereocenters. The minimum atomic E-state index is -1.04. The molecule has 9 heteroatoms. The third kappa shape index (κ3) is 5.26. The van der Waals surface area contributed by atoms with E-state index in [-0.39, 0.29) is 17.8 Å².